The summed E-state index contributed by atoms with van der Waals surface area (Å²) >= 11 is 6.27. The molecule has 29 heavy (non-hydrogen) atoms. The van der Waals surface area contributed by atoms with Crippen LogP contribution in [0.25, 0.3) is 28.1 Å². The van der Waals surface area contributed by atoms with Crippen LogP contribution in [0.2, 0.25) is 5.02 Å². The summed E-state index contributed by atoms with van der Waals surface area (Å²) in [5.74, 6) is 0.907. The summed E-state index contributed by atoms with van der Waals surface area (Å²) in [6, 6.07) is 9.27. The summed E-state index contributed by atoms with van der Waals surface area (Å²) in [5, 5.41) is 5.63. The monoisotopic (exact) mass is 410 g/mol. The molecule has 5 rings (SSSR count). The molecular weight excluding hydrogens is 392 g/mol. The van der Waals surface area contributed by atoms with Crippen molar-refractivity contribution in [2.24, 2.45) is 0 Å². The molecule has 0 atom stereocenters. The van der Waals surface area contributed by atoms with Crippen LogP contribution in [0.15, 0.2) is 47.5 Å². The zero-order valence-corrected chi connectivity index (χ0v) is 16.4. The molecule has 148 valence electrons. The second kappa shape index (κ2) is 7.55. The van der Waals surface area contributed by atoms with Gasteiger partial charge in [0.2, 0.25) is 0 Å². The molecule has 3 aromatic heterocycles. The van der Waals surface area contributed by atoms with Gasteiger partial charge in [0.05, 0.1) is 29.1 Å². The second-order valence-electron chi connectivity index (χ2n) is 6.95. The van der Waals surface area contributed by atoms with Crippen LogP contribution in [-0.2, 0) is 11.3 Å². The van der Waals surface area contributed by atoms with E-state index in [2.05, 4.69) is 20.0 Å². The normalized spacial score (nSPS) is 15.3. The van der Waals surface area contributed by atoms with Crippen LogP contribution in [0, 0.1) is 0 Å². The Morgan fingerprint density at radius 3 is 2.76 bits per heavy atom. The summed E-state index contributed by atoms with van der Waals surface area (Å²) < 4.78 is 8.69. The summed E-state index contributed by atoms with van der Waals surface area (Å²) in [7, 11) is 0. The van der Waals surface area contributed by atoms with Gasteiger partial charge >= 0.3 is 0 Å². The van der Waals surface area contributed by atoms with Gasteiger partial charge in [-0.2, -0.15) is 9.50 Å². The average Bonchev–Trinajstić information content (AvgIpc) is 3.19. The molecule has 0 radical (unpaired) electrons. The maximum atomic E-state index is 13.0. The molecule has 0 unspecified atom stereocenters. The quantitative estimate of drug-likeness (QED) is 0.512. The highest BCUT2D eigenvalue weighted by Gasteiger charge is 2.15. The Kier molecular flexibility index (Phi) is 4.75. The first-order valence-electron chi connectivity index (χ1n) is 9.51. The lowest BCUT2D eigenvalue weighted by Crippen LogP contribution is -2.39. The number of halogens is 1. The van der Waals surface area contributed by atoms with Crippen molar-refractivity contribution in [1.29, 1.82) is 0 Å². The van der Waals surface area contributed by atoms with Gasteiger partial charge < -0.3 is 9.30 Å². The fraction of sp³-hybridized carbons (Fsp3) is 0.300. The summed E-state index contributed by atoms with van der Waals surface area (Å²) in [5.41, 5.74) is 1.32. The largest absolute Gasteiger partial charge is 0.379 e. The molecule has 0 bridgehead atoms. The zero-order valence-electron chi connectivity index (χ0n) is 15.7. The molecular formula is C20H19ClN6O2. The first-order chi connectivity index (χ1) is 14.2. The third-order valence-corrected chi connectivity index (χ3v) is 5.51. The van der Waals surface area contributed by atoms with Crippen molar-refractivity contribution in [2.75, 3.05) is 32.8 Å². The molecule has 4 heterocycles. The number of hydrogen-bond donors (Lipinski definition) is 0. The smallest absolute Gasteiger partial charge is 0.261 e. The Morgan fingerprint density at radius 2 is 1.93 bits per heavy atom. The SMILES string of the molecule is O=c1c2cnc3nc(-c4ccccc4Cl)nn3c2ccn1CCN1CCOCC1. The molecule has 0 amide bonds. The highest BCUT2D eigenvalue weighted by Crippen LogP contribution is 2.25. The van der Waals surface area contributed by atoms with Crippen LogP contribution in [0.5, 0.6) is 0 Å². The van der Waals surface area contributed by atoms with Crippen molar-refractivity contribution >= 4 is 28.3 Å². The number of ether oxygens (including phenoxy) is 1. The van der Waals surface area contributed by atoms with Gasteiger partial charge in [-0.25, -0.2) is 4.98 Å². The third-order valence-electron chi connectivity index (χ3n) is 5.18. The van der Waals surface area contributed by atoms with Crippen LogP contribution < -0.4 is 5.56 Å². The maximum absolute atomic E-state index is 13.0. The van der Waals surface area contributed by atoms with E-state index in [4.69, 9.17) is 16.3 Å². The van der Waals surface area contributed by atoms with Crippen LogP contribution in [-0.4, -0.2) is 61.9 Å². The molecule has 1 aromatic carbocycles. The van der Waals surface area contributed by atoms with Gasteiger partial charge in [0.1, 0.15) is 0 Å². The van der Waals surface area contributed by atoms with Gasteiger partial charge in [0.15, 0.2) is 5.82 Å². The highest BCUT2D eigenvalue weighted by molar-refractivity contribution is 6.33. The molecule has 1 aliphatic rings. The molecule has 0 N–H and O–H groups in total. The van der Waals surface area contributed by atoms with Gasteiger partial charge in [-0.3, -0.25) is 9.69 Å². The lowest BCUT2D eigenvalue weighted by molar-refractivity contribution is 0.0363. The standard InChI is InChI=1S/C20H19ClN6O2/c21-16-4-2-1-3-14(16)18-23-20-22-13-15-17(27(20)24-18)5-6-26(19(15)28)8-7-25-9-11-29-12-10-25/h1-6,13H,7-12H2. The predicted octanol–water partition coefficient (Wildman–Crippen LogP) is 2.09. The number of pyridine rings is 1. The second-order valence-corrected chi connectivity index (χ2v) is 7.36. The van der Waals surface area contributed by atoms with Crippen LogP contribution in [0.3, 0.4) is 0 Å². The fourth-order valence-corrected chi connectivity index (χ4v) is 3.79. The van der Waals surface area contributed by atoms with Crippen LogP contribution in [0.1, 0.15) is 0 Å². The van der Waals surface area contributed by atoms with Crippen molar-refractivity contribution in [3.63, 3.8) is 0 Å². The van der Waals surface area contributed by atoms with Gasteiger partial charge in [-0.05, 0) is 18.2 Å². The Morgan fingerprint density at radius 1 is 1.10 bits per heavy atom. The number of nitrogens with zero attached hydrogens (tertiary/aromatic N) is 6. The molecule has 0 spiro atoms. The van der Waals surface area contributed by atoms with Gasteiger partial charge in [-0.15, -0.1) is 5.10 Å². The average molecular weight is 411 g/mol. The molecule has 0 saturated carbocycles. The first-order valence-corrected chi connectivity index (χ1v) is 9.88. The van der Waals surface area contributed by atoms with E-state index in [9.17, 15) is 4.79 Å². The minimum Gasteiger partial charge on any atom is -0.379 e. The Bertz CT molecular complexity index is 1240. The number of morpholine rings is 1. The number of fused-ring (bicyclic) bond motifs is 3. The summed E-state index contributed by atoms with van der Waals surface area (Å²) in [6.45, 7) is 4.71. The molecule has 4 aromatic rings. The number of hydrogen-bond acceptors (Lipinski definition) is 6. The van der Waals surface area contributed by atoms with E-state index in [1.807, 2.05) is 24.3 Å². The predicted molar refractivity (Wildman–Crippen MR) is 110 cm³/mol. The van der Waals surface area contributed by atoms with E-state index < -0.39 is 0 Å². The number of benzene rings is 1. The fourth-order valence-electron chi connectivity index (χ4n) is 3.57. The highest BCUT2D eigenvalue weighted by atomic mass is 35.5. The van der Waals surface area contributed by atoms with Gasteiger partial charge in [0, 0.05) is 44.1 Å². The van der Waals surface area contributed by atoms with Crippen LogP contribution >= 0.6 is 11.6 Å². The number of rotatable bonds is 4. The van der Waals surface area contributed by atoms with E-state index >= 15 is 0 Å². The first kappa shape index (κ1) is 18.2. The van der Waals surface area contributed by atoms with Crippen LogP contribution in [0.4, 0.5) is 0 Å². The summed E-state index contributed by atoms with van der Waals surface area (Å²) in [6.07, 6.45) is 3.38. The maximum Gasteiger partial charge on any atom is 0.261 e. The zero-order chi connectivity index (χ0) is 19.8. The molecule has 8 nitrogen and oxygen atoms in total. The van der Waals surface area contributed by atoms with E-state index in [0.717, 1.165) is 38.4 Å². The van der Waals surface area contributed by atoms with Crippen molar-refractivity contribution < 1.29 is 4.74 Å². The minimum absolute atomic E-state index is 0.0834. The Balaban J connectivity index is 1.51. The van der Waals surface area contributed by atoms with Crippen molar-refractivity contribution in [3.05, 3.63) is 58.1 Å². The van der Waals surface area contributed by atoms with E-state index in [1.165, 1.54) is 0 Å². The lowest BCUT2D eigenvalue weighted by atomic mass is 10.2. The molecule has 1 fully saturated rings. The van der Waals surface area contributed by atoms with Gasteiger partial charge in [-0.1, -0.05) is 23.7 Å². The van der Waals surface area contributed by atoms with Gasteiger partial charge in [0.25, 0.3) is 11.3 Å². The van der Waals surface area contributed by atoms with Crippen molar-refractivity contribution in [1.82, 2.24) is 29.0 Å². The van der Waals surface area contributed by atoms with E-state index in [-0.39, 0.29) is 5.56 Å². The third kappa shape index (κ3) is 3.39. The van der Waals surface area contributed by atoms with Crippen molar-refractivity contribution in [3.8, 4) is 11.4 Å². The van der Waals surface area contributed by atoms with Crippen molar-refractivity contribution in [2.45, 2.75) is 6.54 Å². The molecule has 1 aliphatic heterocycles. The Hall–Kier alpha value is -2.81. The molecule has 9 heteroatoms. The molecule has 0 aliphatic carbocycles. The summed E-state index contributed by atoms with van der Waals surface area (Å²) in [4.78, 5) is 24.1. The topological polar surface area (TPSA) is 77.6 Å². The molecule has 1 saturated heterocycles. The number of aromatic nitrogens is 5. The van der Waals surface area contributed by atoms with E-state index in [0.29, 0.717) is 34.1 Å². The van der Waals surface area contributed by atoms with E-state index in [1.54, 1.807) is 27.5 Å². The minimum atomic E-state index is -0.0834. The lowest BCUT2D eigenvalue weighted by Gasteiger charge is -2.26. The Labute approximate surface area is 171 Å².